The molecule has 1 aromatic rings. The number of nitrogen functional groups attached to an aromatic ring is 1. The minimum Gasteiger partial charge on any atom is -0.398 e. The van der Waals surface area contributed by atoms with Crippen molar-refractivity contribution in [2.75, 3.05) is 12.3 Å². The third-order valence-electron chi connectivity index (χ3n) is 4.29. The smallest absolute Gasteiger partial charge is 0.231 e. The fourth-order valence-corrected chi connectivity index (χ4v) is 3.02. The molecular weight excluding hydrogens is 250 g/mol. The molecule has 1 amide bonds. The quantitative estimate of drug-likeness (QED) is 0.809. The van der Waals surface area contributed by atoms with Gasteiger partial charge in [-0.2, -0.15) is 0 Å². The number of nitrogens with two attached hydrogens (primary N) is 2. The highest BCUT2D eigenvalue weighted by molar-refractivity contribution is 5.76. The summed E-state index contributed by atoms with van der Waals surface area (Å²) in [5.74, 6) is 0.529. The Morgan fingerprint density at radius 3 is 2.50 bits per heavy atom. The van der Waals surface area contributed by atoms with E-state index < -0.39 is 0 Å². The van der Waals surface area contributed by atoms with Crippen LogP contribution >= 0.6 is 0 Å². The average Bonchev–Trinajstić information content (AvgIpc) is 2.41. The molecule has 0 radical (unpaired) electrons. The summed E-state index contributed by atoms with van der Waals surface area (Å²) in [7, 11) is 0. The van der Waals surface area contributed by atoms with Gasteiger partial charge in [0.1, 0.15) is 0 Å². The van der Waals surface area contributed by atoms with E-state index in [1.54, 1.807) is 0 Å². The molecule has 0 heterocycles. The van der Waals surface area contributed by atoms with Gasteiger partial charge in [-0.15, -0.1) is 0 Å². The summed E-state index contributed by atoms with van der Waals surface area (Å²) in [6.07, 6.45) is 4.73. The van der Waals surface area contributed by atoms with Crippen LogP contribution in [0.1, 0.15) is 38.2 Å². The predicted molar refractivity (Wildman–Crippen MR) is 81.9 cm³/mol. The molecule has 1 aliphatic carbocycles. The number of carbonyl (C=O) groups is 1. The minimum atomic E-state index is -0.266. The molecule has 20 heavy (non-hydrogen) atoms. The fraction of sp³-hybridized carbons (Fsp3) is 0.562. The molecule has 0 aliphatic heterocycles. The highest BCUT2D eigenvalue weighted by atomic mass is 16.1. The second-order valence-electron chi connectivity index (χ2n) is 5.98. The van der Waals surface area contributed by atoms with Crippen LogP contribution in [0.2, 0.25) is 0 Å². The topological polar surface area (TPSA) is 72.3 Å². The van der Waals surface area contributed by atoms with Crippen molar-refractivity contribution in [3.05, 3.63) is 29.8 Å². The lowest BCUT2D eigenvalue weighted by Crippen LogP contribution is -2.42. The lowest BCUT2D eigenvalue weighted by atomic mass is 9.86. The van der Waals surface area contributed by atoms with E-state index in [2.05, 4.69) is 11.8 Å². The number of para-hydroxylation sites is 1. The summed E-state index contributed by atoms with van der Waals surface area (Å²) in [5.41, 5.74) is 13.3. The second-order valence-corrected chi connectivity index (χ2v) is 5.98. The van der Waals surface area contributed by atoms with Crippen molar-refractivity contribution in [3.8, 4) is 0 Å². The SMILES string of the molecule is CC1CCC(N(CC(N)=O)Cc2ccccc2N)CC1. The van der Waals surface area contributed by atoms with Gasteiger partial charge in [-0.05, 0) is 43.2 Å². The van der Waals surface area contributed by atoms with Gasteiger partial charge in [0, 0.05) is 18.3 Å². The second kappa shape index (κ2) is 6.75. The van der Waals surface area contributed by atoms with Gasteiger partial charge in [0.2, 0.25) is 5.91 Å². The van der Waals surface area contributed by atoms with Crippen LogP contribution in [-0.2, 0) is 11.3 Å². The number of anilines is 1. The number of hydrogen-bond acceptors (Lipinski definition) is 3. The van der Waals surface area contributed by atoms with E-state index in [0.29, 0.717) is 19.1 Å². The Bertz CT molecular complexity index is 453. The standard InChI is InChI=1S/C16H25N3O/c1-12-6-8-14(9-7-12)19(11-16(18)20)10-13-4-2-3-5-15(13)17/h2-5,12,14H,6-11,17H2,1H3,(H2,18,20). The molecule has 2 rings (SSSR count). The number of hydrogen-bond donors (Lipinski definition) is 2. The number of carbonyl (C=O) groups excluding carboxylic acids is 1. The highest BCUT2D eigenvalue weighted by Crippen LogP contribution is 2.28. The third-order valence-corrected chi connectivity index (χ3v) is 4.29. The van der Waals surface area contributed by atoms with Gasteiger partial charge in [0.15, 0.2) is 0 Å². The average molecular weight is 275 g/mol. The van der Waals surface area contributed by atoms with Crippen molar-refractivity contribution in [1.82, 2.24) is 4.90 Å². The van der Waals surface area contributed by atoms with E-state index in [1.807, 2.05) is 24.3 Å². The van der Waals surface area contributed by atoms with Gasteiger partial charge in [-0.1, -0.05) is 25.1 Å². The van der Waals surface area contributed by atoms with Crippen molar-refractivity contribution in [3.63, 3.8) is 0 Å². The van der Waals surface area contributed by atoms with Gasteiger partial charge in [-0.3, -0.25) is 9.69 Å². The van der Waals surface area contributed by atoms with Crippen LogP contribution in [0.3, 0.4) is 0 Å². The van der Waals surface area contributed by atoms with Crippen LogP contribution in [0.5, 0.6) is 0 Å². The summed E-state index contributed by atoms with van der Waals surface area (Å²) in [4.78, 5) is 13.5. The molecule has 0 spiro atoms. The largest absolute Gasteiger partial charge is 0.398 e. The molecule has 1 aromatic carbocycles. The summed E-state index contributed by atoms with van der Waals surface area (Å²) in [6, 6.07) is 8.28. The molecule has 1 aliphatic rings. The highest BCUT2D eigenvalue weighted by Gasteiger charge is 2.25. The van der Waals surface area contributed by atoms with Crippen molar-refractivity contribution in [2.45, 2.75) is 45.2 Å². The Labute approximate surface area is 121 Å². The molecule has 0 atom stereocenters. The molecule has 4 N–H and O–H groups in total. The zero-order valence-corrected chi connectivity index (χ0v) is 12.2. The maximum atomic E-state index is 11.3. The Kier molecular flexibility index (Phi) is 5.01. The summed E-state index contributed by atoms with van der Waals surface area (Å²) >= 11 is 0. The van der Waals surface area contributed by atoms with Gasteiger partial charge < -0.3 is 11.5 Å². The van der Waals surface area contributed by atoms with Crippen LogP contribution in [0.15, 0.2) is 24.3 Å². The first-order valence-electron chi connectivity index (χ1n) is 7.42. The van der Waals surface area contributed by atoms with Gasteiger partial charge in [0.05, 0.1) is 6.54 Å². The monoisotopic (exact) mass is 275 g/mol. The van der Waals surface area contributed by atoms with Crippen LogP contribution in [-0.4, -0.2) is 23.4 Å². The summed E-state index contributed by atoms with van der Waals surface area (Å²) in [6.45, 7) is 3.31. The van der Waals surface area contributed by atoms with E-state index in [0.717, 1.165) is 30.0 Å². The lowest BCUT2D eigenvalue weighted by molar-refractivity contribution is -0.120. The van der Waals surface area contributed by atoms with E-state index in [9.17, 15) is 4.79 Å². The van der Waals surface area contributed by atoms with E-state index >= 15 is 0 Å². The van der Waals surface area contributed by atoms with Crippen LogP contribution < -0.4 is 11.5 Å². The first-order chi connectivity index (χ1) is 9.56. The molecular formula is C16H25N3O. The maximum absolute atomic E-state index is 11.3. The van der Waals surface area contributed by atoms with Gasteiger partial charge in [0.25, 0.3) is 0 Å². The Hall–Kier alpha value is -1.55. The first kappa shape index (κ1) is 14.9. The van der Waals surface area contributed by atoms with Crippen LogP contribution in [0, 0.1) is 5.92 Å². The van der Waals surface area contributed by atoms with Gasteiger partial charge >= 0.3 is 0 Å². The zero-order valence-electron chi connectivity index (χ0n) is 12.2. The number of benzene rings is 1. The number of rotatable bonds is 5. The molecule has 0 bridgehead atoms. The third kappa shape index (κ3) is 3.97. The van der Waals surface area contributed by atoms with Crippen molar-refractivity contribution in [2.24, 2.45) is 11.7 Å². The molecule has 1 saturated carbocycles. The minimum absolute atomic E-state index is 0.266. The zero-order chi connectivity index (χ0) is 14.5. The molecule has 0 unspecified atom stereocenters. The number of primary amides is 1. The van der Waals surface area contributed by atoms with E-state index in [4.69, 9.17) is 11.5 Å². The van der Waals surface area contributed by atoms with Crippen LogP contribution in [0.4, 0.5) is 5.69 Å². The van der Waals surface area contributed by atoms with E-state index in [-0.39, 0.29) is 5.91 Å². The molecule has 0 aromatic heterocycles. The van der Waals surface area contributed by atoms with Crippen molar-refractivity contribution >= 4 is 11.6 Å². The number of nitrogens with zero attached hydrogens (tertiary/aromatic N) is 1. The number of amides is 1. The summed E-state index contributed by atoms with van der Waals surface area (Å²) < 4.78 is 0. The maximum Gasteiger partial charge on any atom is 0.231 e. The summed E-state index contributed by atoms with van der Waals surface area (Å²) in [5, 5.41) is 0. The molecule has 4 heteroatoms. The molecule has 1 fully saturated rings. The fourth-order valence-electron chi connectivity index (χ4n) is 3.02. The van der Waals surface area contributed by atoms with E-state index in [1.165, 1.54) is 12.8 Å². The van der Waals surface area contributed by atoms with Crippen molar-refractivity contribution in [1.29, 1.82) is 0 Å². The normalized spacial score (nSPS) is 22.9. The molecule has 0 saturated heterocycles. The van der Waals surface area contributed by atoms with Gasteiger partial charge in [-0.25, -0.2) is 0 Å². The molecule has 110 valence electrons. The first-order valence-corrected chi connectivity index (χ1v) is 7.42. The Morgan fingerprint density at radius 1 is 1.25 bits per heavy atom. The predicted octanol–water partition coefficient (Wildman–Crippen LogP) is 2.13. The molecule has 4 nitrogen and oxygen atoms in total. The van der Waals surface area contributed by atoms with Crippen LogP contribution in [0.25, 0.3) is 0 Å². The Balaban J connectivity index is 2.07. The Morgan fingerprint density at radius 2 is 1.90 bits per heavy atom. The van der Waals surface area contributed by atoms with Crippen molar-refractivity contribution < 1.29 is 4.79 Å². The lowest BCUT2D eigenvalue weighted by Gasteiger charge is -2.35.